The summed E-state index contributed by atoms with van der Waals surface area (Å²) in [6.07, 6.45) is 3.64. The van der Waals surface area contributed by atoms with E-state index in [1.165, 1.54) is 5.57 Å². The first-order chi connectivity index (χ1) is 18.4. The van der Waals surface area contributed by atoms with Crippen LogP contribution in [0.3, 0.4) is 0 Å². The fraction of sp³-hybridized carbons (Fsp3) is 0.400. The summed E-state index contributed by atoms with van der Waals surface area (Å²) < 4.78 is 17.1. The fourth-order valence-corrected chi connectivity index (χ4v) is 4.54. The summed E-state index contributed by atoms with van der Waals surface area (Å²) in [4.78, 5) is 28.2. The molecule has 38 heavy (non-hydrogen) atoms. The van der Waals surface area contributed by atoms with Gasteiger partial charge in [-0.05, 0) is 75.6 Å². The number of benzene rings is 2. The van der Waals surface area contributed by atoms with Crippen molar-refractivity contribution in [2.75, 3.05) is 51.8 Å². The van der Waals surface area contributed by atoms with Gasteiger partial charge >= 0.3 is 5.63 Å². The molecule has 0 bridgehead atoms. The van der Waals surface area contributed by atoms with Crippen LogP contribution in [0.1, 0.15) is 41.8 Å². The molecule has 1 saturated heterocycles. The third kappa shape index (κ3) is 6.82. The van der Waals surface area contributed by atoms with Gasteiger partial charge in [-0.3, -0.25) is 4.79 Å². The third-order valence-corrected chi connectivity index (χ3v) is 6.71. The van der Waals surface area contributed by atoms with Gasteiger partial charge in [-0.1, -0.05) is 11.6 Å². The number of methoxy groups -OCH3 is 1. The molecule has 1 aliphatic rings. The molecular weight excluding hydrogens is 482 g/mol. The number of hydrogen-bond donors (Lipinski definition) is 2. The number of fused-ring (bicyclic) bond motifs is 1. The SMILES string of the molecule is COc1ccc(C(=O)Nc2cc3ccc(OCCCN4CCNCC4)c(C)c3oc2=O)cc1CC=C(C)C. The van der Waals surface area contributed by atoms with Crippen LogP contribution in [0.25, 0.3) is 11.0 Å². The van der Waals surface area contributed by atoms with E-state index in [2.05, 4.69) is 21.6 Å². The highest BCUT2D eigenvalue weighted by Crippen LogP contribution is 2.28. The molecule has 2 heterocycles. The smallest absolute Gasteiger partial charge is 0.360 e. The summed E-state index contributed by atoms with van der Waals surface area (Å²) in [6, 6.07) is 10.6. The minimum atomic E-state index is -0.608. The number of nitrogens with zero attached hydrogens (tertiary/aromatic N) is 1. The van der Waals surface area contributed by atoms with Gasteiger partial charge in [-0.2, -0.15) is 0 Å². The second-order valence-electron chi connectivity index (χ2n) is 9.81. The van der Waals surface area contributed by atoms with Crippen LogP contribution in [0.15, 0.2) is 57.3 Å². The van der Waals surface area contributed by atoms with Crippen LogP contribution in [0.5, 0.6) is 11.5 Å². The molecule has 0 aliphatic carbocycles. The Hall–Kier alpha value is -3.62. The quantitative estimate of drug-likeness (QED) is 0.231. The zero-order valence-electron chi connectivity index (χ0n) is 22.7. The minimum absolute atomic E-state index is 0.0910. The van der Waals surface area contributed by atoms with Crippen LogP contribution in [-0.2, 0) is 6.42 Å². The molecule has 2 N–H and O–H groups in total. The highest BCUT2D eigenvalue weighted by Gasteiger charge is 2.16. The standard InChI is InChI=1S/C30H37N3O5/c1-20(2)6-7-22-18-24(9-11-27(22)36-4)29(34)32-25-19-23-8-10-26(21(3)28(23)38-30(25)35)37-17-5-14-33-15-12-31-13-16-33/h6,8-11,18-19,31H,5,7,12-17H2,1-4H3,(H,32,34). The van der Waals surface area contributed by atoms with Crippen molar-refractivity contribution < 1.29 is 18.7 Å². The number of allylic oxidation sites excluding steroid dienone is 2. The van der Waals surface area contributed by atoms with Gasteiger partial charge in [0.2, 0.25) is 0 Å². The third-order valence-electron chi connectivity index (χ3n) is 6.71. The van der Waals surface area contributed by atoms with Crippen LogP contribution in [-0.4, -0.2) is 57.2 Å². The highest BCUT2D eigenvalue weighted by atomic mass is 16.5. The monoisotopic (exact) mass is 519 g/mol. The average molecular weight is 520 g/mol. The van der Waals surface area contributed by atoms with Crippen LogP contribution in [0, 0.1) is 6.92 Å². The van der Waals surface area contributed by atoms with Crippen molar-refractivity contribution >= 4 is 22.6 Å². The Kier molecular flexibility index (Phi) is 9.20. The number of hydrogen-bond acceptors (Lipinski definition) is 7. The molecule has 0 atom stereocenters. The van der Waals surface area contributed by atoms with Crippen molar-refractivity contribution in [3.8, 4) is 11.5 Å². The topological polar surface area (TPSA) is 93.0 Å². The molecule has 1 amide bonds. The van der Waals surface area contributed by atoms with E-state index in [1.807, 2.05) is 32.9 Å². The molecule has 1 aliphatic heterocycles. The van der Waals surface area contributed by atoms with Gasteiger partial charge in [-0.25, -0.2) is 4.79 Å². The van der Waals surface area contributed by atoms with Crippen LogP contribution in [0.4, 0.5) is 5.69 Å². The second-order valence-corrected chi connectivity index (χ2v) is 9.81. The summed E-state index contributed by atoms with van der Waals surface area (Å²) in [7, 11) is 1.60. The molecule has 0 spiro atoms. The number of piperazine rings is 1. The Morgan fingerprint density at radius 2 is 1.89 bits per heavy atom. The molecule has 8 nitrogen and oxygen atoms in total. The largest absolute Gasteiger partial charge is 0.496 e. The molecule has 1 fully saturated rings. The number of rotatable bonds is 10. The number of anilines is 1. The van der Waals surface area contributed by atoms with Gasteiger partial charge in [-0.15, -0.1) is 0 Å². The Bertz CT molecular complexity index is 1370. The predicted molar refractivity (Wildman–Crippen MR) is 151 cm³/mol. The van der Waals surface area contributed by atoms with Gasteiger partial charge in [0.15, 0.2) is 0 Å². The summed E-state index contributed by atoms with van der Waals surface area (Å²) in [5, 5.41) is 6.78. The van der Waals surface area contributed by atoms with Crippen molar-refractivity contribution in [1.29, 1.82) is 0 Å². The molecule has 0 radical (unpaired) electrons. The number of nitrogens with one attached hydrogen (secondary N) is 2. The van der Waals surface area contributed by atoms with E-state index in [4.69, 9.17) is 13.9 Å². The van der Waals surface area contributed by atoms with Crippen molar-refractivity contribution in [1.82, 2.24) is 10.2 Å². The molecular formula is C30H37N3O5. The van der Waals surface area contributed by atoms with Gasteiger partial charge in [0.25, 0.3) is 5.91 Å². The molecule has 3 aromatic rings. The Labute approximate surface area is 223 Å². The van der Waals surface area contributed by atoms with Gasteiger partial charge in [0, 0.05) is 49.2 Å². The van der Waals surface area contributed by atoms with Crippen LogP contribution >= 0.6 is 0 Å². The number of carbonyl (C=O) groups excluding carboxylic acids is 1. The van der Waals surface area contributed by atoms with E-state index in [0.29, 0.717) is 41.1 Å². The second kappa shape index (κ2) is 12.8. The van der Waals surface area contributed by atoms with Gasteiger partial charge in [0.1, 0.15) is 22.8 Å². The first-order valence-corrected chi connectivity index (χ1v) is 13.1. The van der Waals surface area contributed by atoms with Crippen LogP contribution in [0.2, 0.25) is 0 Å². The lowest BCUT2D eigenvalue weighted by molar-refractivity contribution is 0.102. The Morgan fingerprint density at radius 3 is 2.63 bits per heavy atom. The molecule has 2 aromatic carbocycles. The fourth-order valence-electron chi connectivity index (χ4n) is 4.54. The zero-order valence-corrected chi connectivity index (χ0v) is 22.7. The molecule has 0 saturated carbocycles. The maximum absolute atomic E-state index is 13.0. The summed E-state index contributed by atoms with van der Waals surface area (Å²) in [6.45, 7) is 11.7. The van der Waals surface area contributed by atoms with Gasteiger partial charge < -0.3 is 29.4 Å². The maximum atomic E-state index is 13.0. The maximum Gasteiger partial charge on any atom is 0.360 e. The Balaban J connectivity index is 1.45. The lowest BCUT2D eigenvalue weighted by Gasteiger charge is -2.27. The lowest BCUT2D eigenvalue weighted by Crippen LogP contribution is -2.43. The summed E-state index contributed by atoms with van der Waals surface area (Å²) >= 11 is 0. The summed E-state index contributed by atoms with van der Waals surface area (Å²) in [5.74, 6) is 1.01. The first kappa shape index (κ1) is 27.4. The molecule has 0 unspecified atom stereocenters. The number of carbonyl (C=O) groups is 1. The normalized spacial score (nSPS) is 13.8. The van der Waals surface area contributed by atoms with E-state index < -0.39 is 5.63 Å². The molecule has 4 rings (SSSR count). The number of aryl methyl sites for hydroxylation is 1. The van der Waals surface area contributed by atoms with E-state index in [9.17, 15) is 9.59 Å². The van der Waals surface area contributed by atoms with Crippen molar-refractivity contribution in [2.24, 2.45) is 0 Å². The Morgan fingerprint density at radius 1 is 1.13 bits per heavy atom. The minimum Gasteiger partial charge on any atom is -0.496 e. The zero-order chi connectivity index (χ0) is 27.1. The van der Waals surface area contributed by atoms with Gasteiger partial charge in [0.05, 0.1) is 13.7 Å². The lowest BCUT2D eigenvalue weighted by atomic mass is 10.0. The molecule has 8 heteroatoms. The average Bonchev–Trinajstić information content (AvgIpc) is 2.92. The van der Waals surface area contributed by atoms with E-state index in [-0.39, 0.29) is 11.6 Å². The van der Waals surface area contributed by atoms with E-state index in [1.54, 1.807) is 31.4 Å². The predicted octanol–water partition coefficient (Wildman–Crippen LogP) is 4.55. The number of amides is 1. The van der Waals surface area contributed by atoms with Crippen molar-refractivity contribution in [3.05, 3.63) is 75.2 Å². The molecule has 202 valence electrons. The van der Waals surface area contributed by atoms with Crippen molar-refractivity contribution in [2.45, 2.75) is 33.6 Å². The summed E-state index contributed by atoms with van der Waals surface area (Å²) in [5.41, 5.74) is 3.21. The van der Waals surface area contributed by atoms with E-state index >= 15 is 0 Å². The number of ether oxygens (including phenoxy) is 2. The van der Waals surface area contributed by atoms with Crippen molar-refractivity contribution in [3.63, 3.8) is 0 Å². The molecule has 1 aromatic heterocycles. The highest BCUT2D eigenvalue weighted by molar-refractivity contribution is 6.05. The van der Waals surface area contributed by atoms with E-state index in [0.717, 1.165) is 50.3 Å². The van der Waals surface area contributed by atoms with Crippen LogP contribution < -0.4 is 25.7 Å². The first-order valence-electron chi connectivity index (χ1n) is 13.1.